The maximum Gasteiger partial charge on any atom is 0.340 e. The number of benzene rings is 2. The third-order valence-electron chi connectivity index (χ3n) is 5.84. The van der Waals surface area contributed by atoms with Gasteiger partial charge in [-0.2, -0.15) is 0 Å². The topological polar surface area (TPSA) is 104 Å². The Hall–Kier alpha value is -3.24. The first-order valence-corrected chi connectivity index (χ1v) is 12.1. The van der Waals surface area contributed by atoms with Crippen LogP contribution in [0.2, 0.25) is 0 Å². The minimum Gasteiger partial charge on any atom is -0.460 e. The number of rotatable bonds is 7. The Morgan fingerprint density at radius 2 is 1.61 bits per heavy atom. The molecule has 2 aromatic carbocycles. The second-order valence-corrected chi connectivity index (χ2v) is 10.3. The van der Waals surface area contributed by atoms with Crippen LogP contribution in [0.25, 0.3) is 0 Å². The summed E-state index contributed by atoms with van der Waals surface area (Å²) < 4.78 is 31.6. The largest absolute Gasteiger partial charge is 0.460 e. The van der Waals surface area contributed by atoms with Crippen LogP contribution in [0, 0.1) is 0 Å². The molecule has 2 aliphatic rings. The molecule has 1 fully saturated rings. The number of hydrogen-bond acceptors (Lipinski definition) is 7. The zero-order valence-corrected chi connectivity index (χ0v) is 19.3. The Bertz CT molecular complexity index is 1180. The number of hydrogen-bond donors (Lipinski definition) is 0. The number of anilines is 1. The van der Waals surface area contributed by atoms with Crippen molar-refractivity contribution in [2.75, 3.05) is 45.2 Å². The van der Waals surface area contributed by atoms with Crippen molar-refractivity contribution >= 4 is 33.5 Å². The lowest BCUT2D eigenvalue weighted by Crippen LogP contribution is -2.33. The van der Waals surface area contributed by atoms with Gasteiger partial charge in [-0.05, 0) is 43.2 Å². The molecule has 10 heteroatoms. The number of amides is 2. The first kappa shape index (κ1) is 22.9. The van der Waals surface area contributed by atoms with Gasteiger partial charge in [-0.15, -0.1) is 0 Å². The number of nitrogens with zero attached hydrogens (tertiary/aromatic N) is 3. The Kier molecular flexibility index (Phi) is 6.22. The van der Waals surface area contributed by atoms with Gasteiger partial charge in [0.05, 0.1) is 33.8 Å². The molecule has 0 N–H and O–H groups in total. The van der Waals surface area contributed by atoms with Crippen LogP contribution in [0.1, 0.15) is 43.9 Å². The molecule has 2 aliphatic heterocycles. The Balaban J connectivity index is 1.52. The van der Waals surface area contributed by atoms with E-state index in [-0.39, 0.29) is 23.6 Å². The number of carbonyl (C=O) groups excluding carboxylic acids is 3. The molecule has 0 atom stereocenters. The van der Waals surface area contributed by atoms with E-state index in [0.717, 1.165) is 35.1 Å². The summed E-state index contributed by atoms with van der Waals surface area (Å²) in [7, 11) is -0.902. The summed E-state index contributed by atoms with van der Waals surface area (Å²) in [6.07, 6.45) is 1.96. The van der Waals surface area contributed by atoms with Crippen molar-refractivity contribution in [1.82, 2.24) is 9.21 Å². The molecule has 33 heavy (non-hydrogen) atoms. The Morgan fingerprint density at radius 3 is 2.18 bits per heavy atom. The molecule has 9 nitrogen and oxygen atoms in total. The number of sulfonamides is 1. The van der Waals surface area contributed by atoms with Gasteiger partial charge in [-0.25, -0.2) is 17.5 Å². The van der Waals surface area contributed by atoms with Crippen LogP contribution in [0.4, 0.5) is 5.69 Å². The van der Waals surface area contributed by atoms with Gasteiger partial charge < -0.3 is 9.64 Å². The first-order valence-electron chi connectivity index (χ1n) is 10.7. The van der Waals surface area contributed by atoms with Gasteiger partial charge in [-0.3, -0.25) is 14.5 Å². The third-order valence-corrected chi connectivity index (χ3v) is 7.65. The standard InChI is InChI=1S/C23H25N3O6S/c1-24(2)33(30,31)16-9-10-20(25-11-5-6-12-25)19(15-16)23(29)32-14-13-26-21(27)17-7-3-4-8-18(17)22(26)28/h3-4,7-10,15H,5-6,11-14H2,1-2H3. The van der Waals surface area contributed by atoms with Crippen LogP contribution in [-0.4, -0.2) is 75.7 Å². The fraction of sp³-hybridized carbons (Fsp3) is 0.348. The summed E-state index contributed by atoms with van der Waals surface area (Å²) in [5.41, 5.74) is 1.40. The molecule has 4 rings (SSSR count). The monoisotopic (exact) mass is 471 g/mol. The highest BCUT2D eigenvalue weighted by Gasteiger charge is 2.35. The lowest BCUT2D eigenvalue weighted by atomic mass is 10.1. The highest BCUT2D eigenvalue weighted by atomic mass is 32.2. The average molecular weight is 472 g/mol. The van der Waals surface area contributed by atoms with Gasteiger partial charge in [0.2, 0.25) is 10.0 Å². The minimum absolute atomic E-state index is 0.0113. The van der Waals surface area contributed by atoms with Crippen molar-refractivity contribution in [2.24, 2.45) is 0 Å². The molecule has 0 radical (unpaired) electrons. The van der Waals surface area contributed by atoms with Crippen LogP contribution >= 0.6 is 0 Å². The van der Waals surface area contributed by atoms with Gasteiger partial charge >= 0.3 is 5.97 Å². The molecule has 2 heterocycles. The van der Waals surface area contributed by atoms with Crippen molar-refractivity contribution in [3.8, 4) is 0 Å². The van der Waals surface area contributed by atoms with Crippen LogP contribution in [-0.2, 0) is 14.8 Å². The van der Waals surface area contributed by atoms with E-state index in [1.165, 1.54) is 26.2 Å². The summed E-state index contributed by atoms with van der Waals surface area (Å²) in [6.45, 7) is 1.23. The molecule has 0 spiro atoms. The highest BCUT2D eigenvalue weighted by Crippen LogP contribution is 2.29. The fourth-order valence-corrected chi connectivity index (χ4v) is 4.96. The van der Waals surface area contributed by atoms with Gasteiger partial charge in [0.1, 0.15) is 6.61 Å². The predicted molar refractivity (Wildman–Crippen MR) is 121 cm³/mol. The average Bonchev–Trinajstić information content (AvgIpc) is 3.42. The molecule has 0 aromatic heterocycles. The molecule has 1 saturated heterocycles. The fourth-order valence-electron chi connectivity index (χ4n) is 4.03. The predicted octanol–water partition coefficient (Wildman–Crippen LogP) is 1.99. The number of esters is 1. The molecule has 0 bridgehead atoms. The minimum atomic E-state index is -3.74. The van der Waals surface area contributed by atoms with Crippen molar-refractivity contribution in [1.29, 1.82) is 0 Å². The summed E-state index contributed by atoms with van der Waals surface area (Å²) in [4.78, 5) is 41.0. The van der Waals surface area contributed by atoms with E-state index < -0.39 is 27.8 Å². The molecule has 2 amide bonds. The SMILES string of the molecule is CN(C)S(=O)(=O)c1ccc(N2CCCC2)c(C(=O)OCCN2C(=O)c3ccccc3C2=O)c1. The quantitative estimate of drug-likeness (QED) is 0.449. The maximum atomic E-state index is 13.0. The number of ether oxygens (including phenoxy) is 1. The van der Waals surface area contributed by atoms with Gasteiger partial charge in [0, 0.05) is 27.2 Å². The Morgan fingerprint density at radius 1 is 1.00 bits per heavy atom. The van der Waals surface area contributed by atoms with E-state index in [9.17, 15) is 22.8 Å². The van der Waals surface area contributed by atoms with E-state index in [2.05, 4.69) is 0 Å². The van der Waals surface area contributed by atoms with Crippen LogP contribution in [0.5, 0.6) is 0 Å². The molecule has 0 saturated carbocycles. The van der Waals surface area contributed by atoms with Crippen LogP contribution in [0.3, 0.4) is 0 Å². The molecular formula is C23H25N3O6S. The van der Waals surface area contributed by atoms with Crippen molar-refractivity contribution in [3.63, 3.8) is 0 Å². The maximum absolute atomic E-state index is 13.0. The number of carbonyl (C=O) groups is 3. The van der Waals surface area contributed by atoms with Crippen LogP contribution < -0.4 is 4.90 Å². The van der Waals surface area contributed by atoms with Crippen molar-refractivity contribution < 1.29 is 27.5 Å². The van der Waals surface area contributed by atoms with E-state index >= 15 is 0 Å². The van der Waals surface area contributed by atoms with Crippen molar-refractivity contribution in [3.05, 3.63) is 59.2 Å². The normalized spacial score (nSPS) is 16.0. The molecule has 0 aliphatic carbocycles. The summed E-state index contributed by atoms with van der Waals surface area (Å²) in [5, 5.41) is 0. The molecule has 174 valence electrons. The summed E-state index contributed by atoms with van der Waals surface area (Å²) in [5.74, 6) is -1.56. The number of imide groups is 1. The van der Waals surface area contributed by atoms with Crippen LogP contribution in [0.15, 0.2) is 47.4 Å². The Labute approximate surface area is 192 Å². The van der Waals surface area contributed by atoms with Crippen molar-refractivity contribution in [2.45, 2.75) is 17.7 Å². The summed E-state index contributed by atoms with van der Waals surface area (Å²) in [6, 6.07) is 11.0. The summed E-state index contributed by atoms with van der Waals surface area (Å²) >= 11 is 0. The zero-order chi connectivity index (χ0) is 23.8. The lowest BCUT2D eigenvalue weighted by Gasteiger charge is -2.22. The first-order chi connectivity index (χ1) is 15.7. The second-order valence-electron chi connectivity index (χ2n) is 8.10. The smallest absolute Gasteiger partial charge is 0.340 e. The van der Waals surface area contributed by atoms with Gasteiger partial charge in [-0.1, -0.05) is 12.1 Å². The molecule has 0 unspecified atom stereocenters. The van der Waals surface area contributed by atoms with E-state index in [0.29, 0.717) is 16.8 Å². The van der Waals surface area contributed by atoms with Gasteiger partial charge in [0.15, 0.2) is 0 Å². The zero-order valence-electron chi connectivity index (χ0n) is 18.5. The van der Waals surface area contributed by atoms with E-state index in [1.807, 2.05) is 4.90 Å². The third kappa shape index (κ3) is 4.23. The van der Waals surface area contributed by atoms with Gasteiger partial charge in [0.25, 0.3) is 11.8 Å². The molecule has 2 aromatic rings. The van der Waals surface area contributed by atoms with E-state index in [4.69, 9.17) is 4.74 Å². The molecular weight excluding hydrogens is 446 g/mol. The second kappa shape index (κ2) is 8.95. The van der Waals surface area contributed by atoms with E-state index in [1.54, 1.807) is 30.3 Å². The lowest BCUT2D eigenvalue weighted by molar-refractivity contribution is 0.0420. The highest BCUT2D eigenvalue weighted by molar-refractivity contribution is 7.89. The number of fused-ring (bicyclic) bond motifs is 1.